The Labute approximate surface area is 133 Å². The van der Waals surface area contributed by atoms with E-state index in [4.69, 9.17) is 9.15 Å². The number of hydrogen-bond acceptors (Lipinski definition) is 7. The minimum absolute atomic E-state index is 0.223. The number of likely N-dealkylation sites (tertiary alicyclic amines) is 1. The summed E-state index contributed by atoms with van der Waals surface area (Å²) in [5, 5.41) is 2.74. The molecule has 2 aromatic rings. The van der Waals surface area contributed by atoms with Crippen molar-refractivity contribution in [2.24, 2.45) is 0 Å². The molecule has 1 aliphatic heterocycles. The molecule has 0 saturated carbocycles. The van der Waals surface area contributed by atoms with E-state index < -0.39 is 0 Å². The normalized spacial score (nSPS) is 18.7. The van der Waals surface area contributed by atoms with Crippen LogP contribution in [0, 0.1) is 6.92 Å². The smallest absolute Gasteiger partial charge is 0.357 e. The standard InChI is InChI=1S/C15H19N3O3S/c1-3-20-15(19)11-9-22-14(17-11)12-5-4-6-18(12)8-13-16-7-10(2)21-13/h7,9,12H,3-6,8H2,1-2H3/t12-/m0/s1. The summed E-state index contributed by atoms with van der Waals surface area (Å²) in [4.78, 5) is 22.8. The highest BCUT2D eigenvalue weighted by molar-refractivity contribution is 7.09. The highest BCUT2D eigenvalue weighted by Gasteiger charge is 2.30. The number of aromatic nitrogens is 2. The predicted octanol–water partition coefficient (Wildman–Crippen LogP) is 2.95. The first-order chi connectivity index (χ1) is 10.7. The van der Waals surface area contributed by atoms with Crippen LogP contribution in [0.5, 0.6) is 0 Å². The van der Waals surface area contributed by atoms with Crippen LogP contribution in [-0.2, 0) is 11.3 Å². The fraction of sp³-hybridized carbons (Fsp3) is 0.533. The number of oxazole rings is 1. The molecule has 0 aromatic carbocycles. The maximum absolute atomic E-state index is 11.7. The van der Waals surface area contributed by atoms with E-state index in [9.17, 15) is 4.79 Å². The van der Waals surface area contributed by atoms with Gasteiger partial charge in [0.15, 0.2) is 5.69 Å². The SMILES string of the molecule is CCOC(=O)c1csc([C@@H]2CCCN2Cc2ncc(C)o2)n1. The molecule has 1 fully saturated rings. The molecule has 1 saturated heterocycles. The fourth-order valence-corrected chi connectivity index (χ4v) is 3.64. The van der Waals surface area contributed by atoms with Gasteiger partial charge >= 0.3 is 5.97 Å². The van der Waals surface area contributed by atoms with Crippen LogP contribution in [-0.4, -0.2) is 34.0 Å². The van der Waals surface area contributed by atoms with Gasteiger partial charge in [0.05, 0.1) is 25.4 Å². The van der Waals surface area contributed by atoms with Crippen LogP contribution in [0.4, 0.5) is 0 Å². The second-order valence-electron chi connectivity index (χ2n) is 5.28. The molecule has 118 valence electrons. The maximum atomic E-state index is 11.7. The average Bonchev–Trinajstić information content (AvgIpc) is 3.20. The van der Waals surface area contributed by atoms with Crippen LogP contribution < -0.4 is 0 Å². The predicted molar refractivity (Wildman–Crippen MR) is 81.7 cm³/mol. The molecule has 6 nitrogen and oxygen atoms in total. The first-order valence-corrected chi connectivity index (χ1v) is 8.33. The minimum Gasteiger partial charge on any atom is -0.461 e. The van der Waals surface area contributed by atoms with Gasteiger partial charge in [0.2, 0.25) is 5.89 Å². The molecule has 0 amide bonds. The van der Waals surface area contributed by atoms with Crippen molar-refractivity contribution in [1.29, 1.82) is 0 Å². The van der Waals surface area contributed by atoms with Crippen molar-refractivity contribution in [2.75, 3.05) is 13.2 Å². The van der Waals surface area contributed by atoms with Crippen LogP contribution in [0.25, 0.3) is 0 Å². The Morgan fingerprint density at radius 3 is 3.18 bits per heavy atom. The monoisotopic (exact) mass is 321 g/mol. The van der Waals surface area contributed by atoms with Gasteiger partial charge in [-0.1, -0.05) is 0 Å². The molecule has 3 heterocycles. The van der Waals surface area contributed by atoms with Gasteiger partial charge in [0, 0.05) is 5.38 Å². The zero-order valence-corrected chi connectivity index (χ0v) is 13.6. The van der Waals surface area contributed by atoms with Gasteiger partial charge in [-0.2, -0.15) is 0 Å². The highest BCUT2D eigenvalue weighted by atomic mass is 32.1. The summed E-state index contributed by atoms with van der Waals surface area (Å²) in [6, 6.07) is 0.223. The molecular formula is C15H19N3O3S. The molecule has 0 spiro atoms. The number of esters is 1. The first kappa shape index (κ1) is 15.2. The van der Waals surface area contributed by atoms with E-state index in [1.54, 1.807) is 18.5 Å². The quantitative estimate of drug-likeness (QED) is 0.789. The number of rotatable bonds is 5. The number of carbonyl (C=O) groups excluding carboxylic acids is 1. The molecule has 1 aliphatic rings. The van der Waals surface area contributed by atoms with Gasteiger partial charge in [-0.15, -0.1) is 11.3 Å². The summed E-state index contributed by atoms with van der Waals surface area (Å²) in [5.41, 5.74) is 0.403. The van der Waals surface area contributed by atoms with E-state index in [0.29, 0.717) is 18.8 Å². The van der Waals surface area contributed by atoms with Crippen molar-refractivity contribution in [3.8, 4) is 0 Å². The van der Waals surface area contributed by atoms with Crippen LogP contribution in [0.2, 0.25) is 0 Å². The molecular weight excluding hydrogens is 302 g/mol. The molecule has 2 aromatic heterocycles. The van der Waals surface area contributed by atoms with Crippen molar-refractivity contribution >= 4 is 17.3 Å². The van der Waals surface area contributed by atoms with Crippen LogP contribution in [0.3, 0.4) is 0 Å². The molecule has 1 atom stereocenters. The van der Waals surface area contributed by atoms with E-state index in [2.05, 4.69) is 14.9 Å². The van der Waals surface area contributed by atoms with Crippen molar-refractivity contribution in [3.63, 3.8) is 0 Å². The van der Waals surface area contributed by atoms with Gasteiger partial charge in [0.25, 0.3) is 0 Å². The Kier molecular flexibility index (Phi) is 4.54. The highest BCUT2D eigenvalue weighted by Crippen LogP contribution is 2.34. The Hall–Kier alpha value is -1.73. The number of carbonyl (C=O) groups is 1. The molecule has 3 rings (SSSR count). The van der Waals surface area contributed by atoms with E-state index >= 15 is 0 Å². The summed E-state index contributed by atoms with van der Waals surface area (Å²) in [6.45, 7) is 5.71. The molecule has 0 bridgehead atoms. The largest absolute Gasteiger partial charge is 0.461 e. The number of aryl methyl sites for hydroxylation is 1. The number of thiazole rings is 1. The summed E-state index contributed by atoms with van der Waals surface area (Å²) in [7, 11) is 0. The third-order valence-electron chi connectivity index (χ3n) is 3.66. The van der Waals surface area contributed by atoms with Gasteiger partial charge in [-0.05, 0) is 33.2 Å². The van der Waals surface area contributed by atoms with E-state index in [0.717, 1.165) is 36.0 Å². The molecule has 22 heavy (non-hydrogen) atoms. The number of ether oxygens (including phenoxy) is 1. The maximum Gasteiger partial charge on any atom is 0.357 e. The van der Waals surface area contributed by atoms with Crippen molar-refractivity contribution in [2.45, 2.75) is 39.3 Å². The van der Waals surface area contributed by atoms with Crippen molar-refractivity contribution in [3.05, 3.63) is 33.9 Å². The second-order valence-corrected chi connectivity index (χ2v) is 6.17. The lowest BCUT2D eigenvalue weighted by Gasteiger charge is -2.20. The van der Waals surface area contributed by atoms with Gasteiger partial charge in [0.1, 0.15) is 10.8 Å². The van der Waals surface area contributed by atoms with Gasteiger partial charge in [-0.3, -0.25) is 4.90 Å². The second kappa shape index (κ2) is 6.58. The van der Waals surface area contributed by atoms with E-state index in [1.165, 1.54) is 11.3 Å². The average molecular weight is 321 g/mol. The van der Waals surface area contributed by atoms with E-state index in [1.807, 2.05) is 6.92 Å². The number of nitrogens with zero attached hydrogens (tertiary/aromatic N) is 3. The fourth-order valence-electron chi connectivity index (χ4n) is 2.68. The Morgan fingerprint density at radius 2 is 2.45 bits per heavy atom. The van der Waals surface area contributed by atoms with Crippen LogP contribution in [0.1, 0.15) is 53.0 Å². The number of hydrogen-bond donors (Lipinski definition) is 0. The lowest BCUT2D eigenvalue weighted by Crippen LogP contribution is -2.23. The third-order valence-corrected chi connectivity index (χ3v) is 4.61. The molecule has 0 N–H and O–H groups in total. The van der Waals surface area contributed by atoms with Crippen molar-refractivity contribution < 1.29 is 13.9 Å². The molecule has 0 radical (unpaired) electrons. The third kappa shape index (κ3) is 3.20. The summed E-state index contributed by atoms with van der Waals surface area (Å²) in [6.07, 6.45) is 3.89. The summed E-state index contributed by atoms with van der Waals surface area (Å²) in [5.74, 6) is 1.20. The zero-order chi connectivity index (χ0) is 15.5. The van der Waals surface area contributed by atoms with E-state index in [-0.39, 0.29) is 12.0 Å². The van der Waals surface area contributed by atoms with Crippen LogP contribution in [0.15, 0.2) is 16.0 Å². The first-order valence-electron chi connectivity index (χ1n) is 7.45. The van der Waals surface area contributed by atoms with Crippen molar-refractivity contribution in [1.82, 2.24) is 14.9 Å². The summed E-state index contributed by atoms with van der Waals surface area (Å²) >= 11 is 1.52. The van der Waals surface area contributed by atoms with Gasteiger partial charge < -0.3 is 9.15 Å². The van der Waals surface area contributed by atoms with Crippen LogP contribution >= 0.6 is 11.3 Å². The Bertz CT molecular complexity index is 652. The molecule has 7 heteroatoms. The Morgan fingerprint density at radius 1 is 1.59 bits per heavy atom. The minimum atomic E-state index is -0.349. The molecule has 0 unspecified atom stereocenters. The van der Waals surface area contributed by atoms with Gasteiger partial charge in [-0.25, -0.2) is 14.8 Å². The lowest BCUT2D eigenvalue weighted by atomic mass is 10.2. The summed E-state index contributed by atoms with van der Waals surface area (Å²) < 4.78 is 10.6. The molecule has 0 aliphatic carbocycles. The zero-order valence-electron chi connectivity index (χ0n) is 12.7. The lowest BCUT2D eigenvalue weighted by molar-refractivity contribution is 0.0520. The topological polar surface area (TPSA) is 68.5 Å². The Balaban J connectivity index is 1.71.